The van der Waals surface area contributed by atoms with Gasteiger partial charge in [0, 0.05) is 12.1 Å². The maximum absolute atomic E-state index is 13.7. The molecule has 1 N–H and O–H groups in total. The van der Waals surface area contributed by atoms with Gasteiger partial charge in [-0.25, -0.2) is 4.39 Å². The molecule has 0 aliphatic heterocycles. The van der Waals surface area contributed by atoms with Gasteiger partial charge in [-0.3, -0.25) is 0 Å². The minimum absolute atomic E-state index is 0.121. The zero-order chi connectivity index (χ0) is 15.1. The lowest BCUT2D eigenvalue weighted by Crippen LogP contribution is -2.46. The Morgan fingerprint density at radius 3 is 2.67 bits per heavy atom. The number of ether oxygens (including phenoxy) is 1. The molecule has 0 spiro atoms. The van der Waals surface area contributed by atoms with Crippen LogP contribution in [0, 0.1) is 11.7 Å². The molecule has 3 heteroatoms. The third-order valence-electron chi connectivity index (χ3n) is 4.55. The standard InChI is InChI=1S/C18H28FNO/c1-3-12-20-14-18(10-8-15(2)9-11-18)21-13-16-6-4-5-7-17(16)19/h4-7,15,20H,3,8-14H2,1-2H3. The minimum atomic E-state index is -0.168. The van der Waals surface area contributed by atoms with Crippen molar-refractivity contribution in [1.29, 1.82) is 0 Å². The van der Waals surface area contributed by atoms with E-state index in [9.17, 15) is 4.39 Å². The molecule has 1 aliphatic rings. The van der Waals surface area contributed by atoms with E-state index in [2.05, 4.69) is 19.2 Å². The van der Waals surface area contributed by atoms with Crippen LogP contribution in [0.5, 0.6) is 0 Å². The van der Waals surface area contributed by atoms with Gasteiger partial charge in [0.05, 0.1) is 12.2 Å². The quantitative estimate of drug-likeness (QED) is 0.757. The van der Waals surface area contributed by atoms with E-state index in [-0.39, 0.29) is 11.4 Å². The summed E-state index contributed by atoms with van der Waals surface area (Å²) < 4.78 is 20.0. The lowest BCUT2D eigenvalue weighted by Gasteiger charge is -2.39. The van der Waals surface area contributed by atoms with E-state index in [1.807, 2.05) is 12.1 Å². The van der Waals surface area contributed by atoms with Gasteiger partial charge in [-0.2, -0.15) is 0 Å². The molecule has 2 rings (SSSR count). The molecule has 1 aromatic rings. The van der Waals surface area contributed by atoms with E-state index in [0.717, 1.165) is 38.3 Å². The van der Waals surface area contributed by atoms with Crippen molar-refractivity contribution >= 4 is 0 Å². The SMILES string of the molecule is CCCNCC1(OCc2ccccc2F)CCC(C)CC1. The number of halogens is 1. The molecule has 1 aromatic carbocycles. The molecule has 0 saturated heterocycles. The fourth-order valence-corrected chi connectivity index (χ4v) is 3.00. The maximum Gasteiger partial charge on any atom is 0.128 e. The largest absolute Gasteiger partial charge is 0.369 e. The molecule has 0 amide bonds. The van der Waals surface area contributed by atoms with Gasteiger partial charge < -0.3 is 10.1 Å². The van der Waals surface area contributed by atoms with Crippen LogP contribution in [0.25, 0.3) is 0 Å². The van der Waals surface area contributed by atoms with Crippen molar-refractivity contribution in [1.82, 2.24) is 5.32 Å². The third-order valence-corrected chi connectivity index (χ3v) is 4.55. The van der Waals surface area contributed by atoms with Gasteiger partial charge in [-0.05, 0) is 50.6 Å². The summed E-state index contributed by atoms with van der Waals surface area (Å²) in [4.78, 5) is 0. The Balaban J connectivity index is 1.97. The fourth-order valence-electron chi connectivity index (χ4n) is 3.00. The van der Waals surface area contributed by atoms with Gasteiger partial charge in [-0.15, -0.1) is 0 Å². The molecule has 0 bridgehead atoms. The van der Waals surface area contributed by atoms with E-state index in [1.165, 1.54) is 18.9 Å². The van der Waals surface area contributed by atoms with Crippen molar-refractivity contribution < 1.29 is 9.13 Å². The fraction of sp³-hybridized carbons (Fsp3) is 0.667. The Hall–Kier alpha value is -0.930. The highest BCUT2D eigenvalue weighted by Gasteiger charge is 2.34. The number of rotatable bonds is 7. The van der Waals surface area contributed by atoms with E-state index >= 15 is 0 Å². The first-order chi connectivity index (χ1) is 10.2. The second kappa shape index (κ2) is 7.90. The maximum atomic E-state index is 13.7. The average Bonchev–Trinajstić information content (AvgIpc) is 2.50. The Morgan fingerprint density at radius 2 is 2.00 bits per heavy atom. The number of nitrogens with one attached hydrogen (secondary N) is 1. The zero-order valence-electron chi connectivity index (χ0n) is 13.3. The molecule has 1 fully saturated rings. The summed E-state index contributed by atoms with van der Waals surface area (Å²) in [6, 6.07) is 6.91. The second-order valence-electron chi connectivity index (χ2n) is 6.42. The van der Waals surface area contributed by atoms with Crippen LogP contribution in [0.4, 0.5) is 4.39 Å². The summed E-state index contributed by atoms with van der Waals surface area (Å²) in [6.45, 7) is 6.74. The summed E-state index contributed by atoms with van der Waals surface area (Å²) in [5, 5.41) is 3.49. The predicted molar refractivity (Wildman–Crippen MR) is 84.7 cm³/mol. The molecular formula is C18H28FNO. The Bertz CT molecular complexity index is 427. The summed E-state index contributed by atoms with van der Waals surface area (Å²) in [7, 11) is 0. The van der Waals surface area contributed by atoms with Gasteiger partial charge in [0.1, 0.15) is 5.82 Å². The van der Waals surface area contributed by atoms with Crippen molar-refractivity contribution in [3.63, 3.8) is 0 Å². The molecule has 0 radical (unpaired) electrons. The van der Waals surface area contributed by atoms with Crippen LogP contribution >= 0.6 is 0 Å². The average molecular weight is 293 g/mol. The number of hydrogen-bond donors (Lipinski definition) is 1. The normalized spacial score (nSPS) is 26.0. The summed E-state index contributed by atoms with van der Waals surface area (Å²) >= 11 is 0. The van der Waals surface area contributed by atoms with Crippen molar-refractivity contribution in [3.8, 4) is 0 Å². The van der Waals surface area contributed by atoms with Crippen LogP contribution < -0.4 is 5.32 Å². The summed E-state index contributed by atoms with van der Waals surface area (Å²) in [6.07, 6.45) is 5.66. The predicted octanol–water partition coefficient (Wildman–Crippen LogP) is 4.29. The lowest BCUT2D eigenvalue weighted by molar-refractivity contribution is -0.0855. The van der Waals surface area contributed by atoms with Gasteiger partial charge >= 0.3 is 0 Å². The number of hydrogen-bond acceptors (Lipinski definition) is 2. The molecule has 118 valence electrons. The van der Waals surface area contributed by atoms with Crippen LogP contribution in [0.3, 0.4) is 0 Å². The Morgan fingerprint density at radius 1 is 1.29 bits per heavy atom. The van der Waals surface area contributed by atoms with E-state index in [1.54, 1.807) is 6.07 Å². The third kappa shape index (κ3) is 4.79. The topological polar surface area (TPSA) is 21.3 Å². The molecular weight excluding hydrogens is 265 g/mol. The van der Waals surface area contributed by atoms with E-state index < -0.39 is 0 Å². The van der Waals surface area contributed by atoms with Crippen molar-refractivity contribution in [2.75, 3.05) is 13.1 Å². The lowest BCUT2D eigenvalue weighted by atomic mass is 9.79. The first-order valence-corrected chi connectivity index (χ1v) is 8.23. The van der Waals surface area contributed by atoms with Crippen LogP contribution in [0.2, 0.25) is 0 Å². The monoisotopic (exact) mass is 293 g/mol. The van der Waals surface area contributed by atoms with Gasteiger partial charge in [0.15, 0.2) is 0 Å². The van der Waals surface area contributed by atoms with Gasteiger partial charge in [-0.1, -0.05) is 32.0 Å². The van der Waals surface area contributed by atoms with Crippen molar-refractivity contribution in [2.45, 2.75) is 58.2 Å². The highest BCUT2D eigenvalue weighted by molar-refractivity contribution is 5.16. The van der Waals surface area contributed by atoms with E-state index in [4.69, 9.17) is 4.74 Å². The van der Waals surface area contributed by atoms with Gasteiger partial charge in [0.2, 0.25) is 0 Å². The van der Waals surface area contributed by atoms with Gasteiger partial charge in [0.25, 0.3) is 0 Å². The molecule has 1 aliphatic carbocycles. The Labute approximate surface area is 128 Å². The highest BCUT2D eigenvalue weighted by Crippen LogP contribution is 2.35. The van der Waals surface area contributed by atoms with Crippen LogP contribution in [0.1, 0.15) is 51.5 Å². The minimum Gasteiger partial charge on any atom is -0.369 e. The molecule has 0 atom stereocenters. The molecule has 21 heavy (non-hydrogen) atoms. The highest BCUT2D eigenvalue weighted by atomic mass is 19.1. The molecule has 1 saturated carbocycles. The van der Waals surface area contributed by atoms with Crippen LogP contribution in [0.15, 0.2) is 24.3 Å². The molecule has 2 nitrogen and oxygen atoms in total. The first-order valence-electron chi connectivity index (χ1n) is 8.23. The summed E-state index contributed by atoms with van der Waals surface area (Å²) in [5.74, 6) is 0.611. The smallest absolute Gasteiger partial charge is 0.128 e. The first kappa shape index (κ1) is 16.4. The Kier molecular flexibility index (Phi) is 6.19. The zero-order valence-corrected chi connectivity index (χ0v) is 13.3. The number of benzene rings is 1. The van der Waals surface area contributed by atoms with Crippen molar-refractivity contribution in [3.05, 3.63) is 35.6 Å². The molecule has 0 heterocycles. The molecule has 0 unspecified atom stereocenters. The van der Waals surface area contributed by atoms with Crippen LogP contribution in [-0.2, 0) is 11.3 Å². The summed E-state index contributed by atoms with van der Waals surface area (Å²) in [5.41, 5.74) is 0.537. The second-order valence-corrected chi connectivity index (χ2v) is 6.42. The van der Waals surface area contributed by atoms with Crippen molar-refractivity contribution in [2.24, 2.45) is 5.92 Å². The van der Waals surface area contributed by atoms with Crippen LogP contribution in [-0.4, -0.2) is 18.7 Å². The van der Waals surface area contributed by atoms with E-state index in [0.29, 0.717) is 12.2 Å². The molecule has 0 aromatic heterocycles.